The van der Waals surface area contributed by atoms with Gasteiger partial charge in [-0.1, -0.05) is 6.92 Å². The molecular weight excluding hydrogens is 230 g/mol. The molecule has 0 aliphatic carbocycles. The molecular formula is C12H13N5O. The van der Waals surface area contributed by atoms with Gasteiger partial charge in [0.2, 0.25) is 5.95 Å². The number of nitrogens with zero attached hydrogens (tertiary/aromatic N) is 3. The topological polar surface area (TPSA) is 93.8 Å². The average Bonchev–Trinajstić information content (AvgIpc) is 2.39. The molecule has 0 fully saturated rings. The number of carbonyl (C=O) groups is 1. The summed E-state index contributed by atoms with van der Waals surface area (Å²) >= 11 is 0. The van der Waals surface area contributed by atoms with Crippen molar-refractivity contribution in [1.29, 1.82) is 0 Å². The van der Waals surface area contributed by atoms with Gasteiger partial charge in [-0.25, -0.2) is 15.0 Å². The Labute approximate surface area is 104 Å². The third kappa shape index (κ3) is 2.79. The summed E-state index contributed by atoms with van der Waals surface area (Å²) in [7, 11) is 0. The molecule has 6 heteroatoms. The Bertz CT molecular complexity index is 556. The molecule has 2 rings (SSSR count). The lowest BCUT2D eigenvalue weighted by Gasteiger charge is -2.05. The zero-order chi connectivity index (χ0) is 13.0. The number of aromatic nitrogens is 3. The lowest BCUT2D eigenvalue weighted by atomic mass is 10.2. The molecule has 92 valence electrons. The molecule has 0 bridgehead atoms. The first-order valence-electron chi connectivity index (χ1n) is 5.54. The molecule has 0 saturated heterocycles. The molecule has 1 amide bonds. The predicted molar refractivity (Wildman–Crippen MR) is 68.0 cm³/mol. The highest BCUT2D eigenvalue weighted by Crippen LogP contribution is 2.10. The first-order valence-corrected chi connectivity index (χ1v) is 5.54. The summed E-state index contributed by atoms with van der Waals surface area (Å²) in [5.74, 6) is 0.286. The Morgan fingerprint density at radius 3 is 2.72 bits per heavy atom. The second-order valence-electron chi connectivity index (χ2n) is 3.65. The Balaban J connectivity index is 2.21. The molecule has 0 spiro atoms. The van der Waals surface area contributed by atoms with E-state index in [0.29, 0.717) is 17.8 Å². The van der Waals surface area contributed by atoms with E-state index in [0.717, 1.165) is 5.69 Å². The molecule has 18 heavy (non-hydrogen) atoms. The van der Waals surface area contributed by atoms with E-state index in [1.54, 1.807) is 24.5 Å². The second-order valence-corrected chi connectivity index (χ2v) is 3.65. The van der Waals surface area contributed by atoms with Gasteiger partial charge in [0.05, 0.1) is 0 Å². The zero-order valence-electron chi connectivity index (χ0n) is 9.92. The van der Waals surface area contributed by atoms with E-state index in [1.807, 2.05) is 6.92 Å². The molecule has 0 atom stereocenters. The van der Waals surface area contributed by atoms with E-state index in [4.69, 9.17) is 5.73 Å². The number of aryl methyl sites for hydroxylation is 1. The van der Waals surface area contributed by atoms with Crippen molar-refractivity contribution in [2.75, 3.05) is 11.1 Å². The highest BCUT2D eigenvalue weighted by Gasteiger charge is 2.09. The maximum atomic E-state index is 12.0. The third-order valence-corrected chi connectivity index (χ3v) is 2.31. The van der Waals surface area contributed by atoms with Crippen LogP contribution in [0.15, 0.2) is 30.6 Å². The SMILES string of the molecule is CCc1cc(C(=O)Nc2ncccn2)cc(N)n1. The first kappa shape index (κ1) is 12.0. The molecule has 0 radical (unpaired) electrons. The summed E-state index contributed by atoms with van der Waals surface area (Å²) in [4.78, 5) is 23.9. The largest absolute Gasteiger partial charge is 0.384 e. The van der Waals surface area contributed by atoms with Crippen LogP contribution in [0.3, 0.4) is 0 Å². The molecule has 6 nitrogen and oxygen atoms in total. The molecule has 0 aromatic carbocycles. The van der Waals surface area contributed by atoms with Gasteiger partial charge in [-0.3, -0.25) is 10.1 Å². The van der Waals surface area contributed by atoms with Crippen LogP contribution in [0, 0.1) is 0 Å². The van der Waals surface area contributed by atoms with Crippen molar-refractivity contribution in [2.45, 2.75) is 13.3 Å². The van der Waals surface area contributed by atoms with Gasteiger partial charge in [0.15, 0.2) is 0 Å². The zero-order valence-corrected chi connectivity index (χ0v) is 9.92. The van der Waals surface area contributed by atoms with Crippen LogP contribution < -0.4 is 11.1 Å². The van der Waals surface area contributed by atoms with Crippen LogP contribution in [-0.4, -0.2) is 20.9 Å². The number of pyridine rings is 1. The minimum atomic E-state index is -0.301. The van der Waals surface area contributed by atoms with Crippen LogP contribution in [0.1, 0.15) is 23.0 Å². The minimum absolute atomic E-state index is 0.260. The smallest absolute Gasteiger partial charge is 0.258 e. The number of nitrogen functional groups attached to an aromatic ring is 1. The molecule has 0 saturated carbocycles. The van der Waals surface area contributed by atoms with Crippen LogP contribution in [-0.2, 0) is 6.42 Å². The van der Waals surface area contributed by atoms with Crippen molar-refractivity contribution in [1.82, 2.24) is 15.0 Å². The molecule has 0 aliphatic heterocycles. The summed E-state index contributed by atoms with van der Waals surface area (Å²) < 4.78 is 0. The fourth-order valence-electron chi connectivity index (χ4n) is 1.46. The lowest BCUT2D eigenvalue weighted by Crippen LogP contribution is -2.15. The minimum Gasteiger partial charge on any atom is -0.384 e. The Morgan fingerprint density at radius 2 is 2.06 bits per heavy atom. The highest BCUT2D eigenvalue weighted by atomic mass is 16.1. The normalized spacial score (nSPS) is 10.1. The summed E-state index contributed by atoms with van der Waals surface area (Å²) in [5.41, 5.74) is 6.87. The standard InChI is InChI=1S/C12H13N5O/c1-2-9-6-8(7-10(13)16-9)11(18)17-12-14-4-3-5-15-12/h3-7H,2H2,1H3,(H2,13,16)(H,14,15,17,18). The van der Waals surface area contributed by atoms with Gasteiger partial charge in [0.1, 0.15) is 5.82 Å². The van der Waals surface area contributed by atoms with E-state index >= 15 is 0 Å². The van der Waals surface area contributed by atoms with Gasteiger partial charge >= 0.3 is 0 Å². The van der Waals surface area contributed by atoms with Crippen LogP contribution in [0.5, 0.6) is 0 Å². The van der Waals surface area contributed by atoms with Crippen molar-refractivity contribution in [2.24, 2.45) is 0 Å². The van der Waals surface area contributed by atoms with Gasteiger partial charge in [0.25, 0.3) is 5.91 Å². The van der Waals surface area contributed by atoms with Crippen molar-refractivity contribution >= 4 is 17.7 Å². The highest BCUT2D eigenvalue weighted by molar-refractivity contribution is 6.03. The number of anilines is 2. The number of rotatable bonds is 3. The van der Waals surface area contributed by atoms with E-state index in [-0.39, 0.29) is 11.9 Å². The summed E-state index contributed by atoms with van der Waals surface area (Å²) in [6.07, 6.45) is 3.83. The summed E-state index contributed by atoms with van der Waals surface area (Å²) in [6.45, 7) is 1.95. The average molecular weight is 243 g/mol. The van der Waals surface area contributed by atoms with Crippen LogP contribution in [0.2, 0.25) is 0 Å². The van der Waals surface area contributed by atoms with Gasteiger partial charge in [-0.15, -0.1) is 0 Å². The van der Waals surface area contributed by atoms with E-state index in [2.05, 4.69) is 20.3 Å². The first-order chi connectivity index (χ1) is 8.69. The molecule has 3 N–H and O–H groups in total. The Kier molecular flexibility index (Phi) is 3.47. The number of hydrogen-bond acceptors (Lipinski definition) is 5. The molecule has 2 aromatic heterocycles. The van der Waals surface area contributed by atoms with Gasteiger partial charge in [0, 0.05) is 23.7 Å². The van der Waals surface area contributed by atoms with E-state index < -0.39 is 0 Å². The third-order valence-electron chi connectivity index (χ3n) is 2.31. The maximum Gasteiger partial charge on any atom is 0.258 e. The quantitative estimate of drug-likeness (QED) is 0.846. The maximum absolute atomic E-state index is 12.0. The lowest BCUT2D eigenvalue weighted by molar-refractivity contribution is 0.102. The van der Waals surface area contributed by atoms with E-state index in [9.17, 15) is 4.79 Å². The van der Waals surface area contributed by atoms with E-state index in [1.165, 1.54) is 6.07 Å². The monoisotopic (exact) mass is 243 g/mol. The fraction of sp³-hybridized carbons (Fsp3) is 0.167. The van der Waals surface area contributed by atoms with Crippen LogP contribution in [0.4, 0.5) is 11.8 Å². The number of nitrogens with two attached hydrogens (primary N) is 1. The molecule has 2 aromatic rings. The summed E-state index contributed by atoms with van der Waals surface area (Å²) in [6, 6.07) is 4.90. The second kappa shape index (κ2) is 5.22. The number of amides is 1. The van der Waals surface area contributed by atoms with Crippen LogP contribution in [0.25, 0.3) is 0 Å². The number of carbonyl (C=O) groups excluding carboxylic acids is 1. The Morgan fingerprint density at radius 1 is 1.33 bits per heavy atom. The van der Waals surface area contributed by atoms with Crippen molar-refractivity contribution in [3.05, 3.63) is 41.9 Å². The van der Waals surface area contributed by atoms with Crippen molar-refractivity contribution in [3.8, 4) is 0 Å². The van der Waals surface area contributed by atoms with Crippen LogP contribution >= 0.6 is 0 Å². The predicted octanol–water partition coefficient (Wildman–Crippen LogP) is 1.27. The number of nitrogens with one attached hydrogen (secondary N) is 1. The fourth-order valence-corrected chi connectivity index (χ4v) is 1.46. The van der Waals surface area contributed by atoms with Gasteiger partial charge in [-0.2, -0.15) is 0 Å². The molecule has 0 unspecified atom stereocenters. The Hall–Kier alpha value is -2.50. The number of hydrogen-bond donors (Lipinski definition) is 2. The van der Waals surface area contributed by atoms with Gasteiger partial charge < -0.3 is 5.73 Å². The van der Waals surface area contributed by atoms with Crippen molar-refractivity contribution < 1.29 is 4.79 Å². The van der Waals surface area contributed by atoms with Gasteiger partial charge in [-0.05, 0) is 24.6 Å². The molecule has 2 heterocycles. The molecule has 0 aliphatic rings. The van der Waals surface area contributed by atoms with Crippen molar-refractivity contribution in [3.63, 3.8) is 0 Å². The summed E-state index contributed by atoms with van der Waals surface area (Å²) in [5, 5.41) is 2.59.